The van der Waals surface area contributed by atoms with E-state index in [0.29, 0.717) is 15.9 Å². The van der Waals surface area contributed by atoms with Crippen LogP contribution in [-0.4, -0.2) is 21.0 Å². The van der Waals surface area contributed by atoms with E-state index < -0.39 is 5.97 Å². The average molecular weight is 197 g/mol. The molecule has 0 radical (unpaired) electrons. The third-order valence-corrected chi connectivity index (χ3v) is 2.07. The van der Waals surface area contributed by atoms with Crippen molar-refractivity contribution in [1.29, 1.82) is 0 Å². The van der Waals surface area contributed by atoms with Gasteiger partial charge in [-0.15, -0.1) is 0 Å². The van der Waals surface area contributed by atoms with Gasteiger partial charge in [-0.1, -0.05) is 11.6 Å². The number of fused-ring (bicyclic) bond motifs is 1. The minimum Gasteiger partial charge on any atom is -0.478 e. The molecule has 66 valence electrons. The van der Waals surface area contributed by atoms with Crippen molar-refractivity contribution >= 4 is 28.5 Å². The van der Waals surface area contributed by atoms with E-state index in [1.807, 2.05) is 0 Å². The number of H-pyrrole nitrogens is 1. The van der Waals surface area contributed by atoms with Crippen LogP contribution in [0.5, 0.6) is 0 Å². The third kappa shape index (κ3) is 1.15. The number of carboxylic acid groups (broad SMARTS) is 1. The molecule has 0 aliphatic heterocycles. The number of nitrogens with zero attached hydrogens (tertiary/aromatic N) is 1. The van der Waals surface area contributed by atoms with E-state index in [0.717, 1.165) is 0 Å². The first-order valence-corrected chi connectivity index (χ1v) is 3.92. The molecule has 0 amide bonds. The van der Waals surface area contributed by atoms with E-state index in [9.17, 15) is 4.79 Å². The van der Waals surface area contributed by atoms with E-state index in [1.165, 1.54) is 12.4 Å². The Labute approximate surface area is 78.2 Å². The van der Waals surface area contributed by atoms with Gasteiger partial charge in [0.1, 0.15) is 0 Å². The summed E-state index contributed by atoms with van der Waals surface area (Å²) in [5.41, 5.74) is 0.744. The molecule has 4 nitrogen and oxygen atoms in total. The van der Waals surface area contributed by atoms with Gasteiger partial charge in [-0.2, -0.15) is 0 Å². The first-order valence-electron chi connectivity index (χ1n) is 3.54. The van der Waals surface area contributed by atoms with Crippen LogP contribution in [0.15, 0.2) is 18.6 Å². The zero-order valence-corrected chi connectivity index (χ0v) is 7.17. The molecule has 0 atom stereocenters. The lowest BCUT2D eigenvalue weighted by Gasteiger charge is -1.95. The first-order chi connectivity index (χ1) is 6.20. The van der Waals surface area contributed by atoms with Crippen LogP contribution in [0.25, 0.3) is 10.9 Å². The standard InChI is InChI=1S/C8H5ClN2O2/c9-5-2-11-6-3-10-1-4(7(5)6)8(12)13/h1-3,11H,(H,12,13). The minimum absolute atomic E-state index is 0.115. The van der Waals surface area contributed by atoms with Gasteiger partial charge in [0.15, 0.2) is 0 Å². The van der Waals surface area contributed by atoms with Crippen LogP contribution in [0.4, 0.5) is 0 Å². The van der Waals surface area contributed by atoms with Crippen molar-refractivity contribution in [3.8, 4) is 0 Å². The van der Waals surface area contributed by atoms with Crippen LogP contribution in [0.2, 0.25) is 5.02 Å². The minimum atomic E-state index is -1.03. The van der Waals surface area contributed by atoms with Crippen molar-refractivity contribution in [3.05, 3.63) is 29.2 Å². The van der Waals surface area contributed by atoms with Crippen molar-refractivity contribution in [2.45, 2.75) is 0 Å². The number of hydrogen-bond donors (Lipinski definition) is 2. The zero-order valence-electron chi connectivity index (χ0n) is 6.41. The first kappa shape index (κ1) is 8.07. The molecule has 2 aromatic rings. The van der Waals surface area contributed by atoms with Crippen LogP contribution >= 0.6 is 11.6 Å². The van der Waals surface area contributed by atoms with Crippen LogP contribution in [0.1, 0.15) is 10.4 Å². The van der Waals surface area contributed by atoms with Gasteiger partial charge in [0.05, 0.1) is 22.3 Å². The second kappa shape index (κ2) is 2.74. The SMILES string of the molecule is O=C(O)c1cncc2[nH]cc(Cl)c12. The summed E-state index contributed by atoms with van der Waals surface area (Å²) in [5.74, 6) is -1.03. The van der Waals surface area contributed by atoms with Gasteiger partial charge in [-0.25, -0.2) is 4.79 Å². The molecule has 0 saturated heterocycles. The van der Waals surface area contributed by atoms with E-state index in [-0.39, 0.29) is 5.56 Å². The molecule has 0 unspecified atom stereocenters. The predicted octanol–water partition coefficient (Wildman–Crippen LogP) is 1.91. The molecule has 0 aromatic carbocycles. The highest BCUT2D eigenvalue weighted by Gasteiger charge is 2.12. The summed E-state index contributed by atoms with van der Waals surface area (Å²) < 4.78 is 0. The van der Waals surface area contributed by atoms with Crippen LogP contribution in [-0.2, 0) is 0 Å². The zero-order chi connectivity index (χ0) is 9.42. The highest BCUT2D eigenvalue weighted by atomic mass is 35.5. The number of nitrogens with one attached hydrogen (secondary N) is 1. The van der Waals surface area contributed by atoms with Crippen molar-refractivity contribution in [3.63, 3.8) is 0 Å². The van der Waals surface area contributed by atoms with Crippen molar-refractivity contribution in [1.82, 2.24) is 9.97 Å². The van der Waals surface area contributed by atoms with Crippen molar-refractivity contribution in [2.75, 3.05) is 0 Å². The van der Waals surface area contributed by atoms with Crippen molar-refractivity contribution in [2.24, 2.45) is 0 Å². The molecular weight excluding hydrogens is 192 g/mol. The van der Waals surface area contributed by atoms with E-state index in [4.69, 9.17) is 16.7 Å². The molecule has 5 heteroatoms. The molecule has 2 N–H and O–H groups in total. The molecule has 0 spiro atoms. The molecular formula is C8H5ClN2O2. The Morgan fingerprint density at radius 2 is 2.31 bits per heavy atom. The second-order valence-electron chi connectivity index (χ2n) is 2.55. The summed E-state index contributed by atoms with van der Waals surface area (Å²) in [6.45, 7) is 0. The van der Waals surface area contributed by atoms with Crippen LogP contribution in [0.3, 0.4) is 0 Å². The third-order valence-electron chi connectivity index (χ3n) is 1.77. The van der Waals surface area contributed by atoms with Gasteiger partial charge in [0, 0.05) is 17.8 Å². The number of halogens is 1. The summed E-state index contributed by atoms with van der Waals surface area (Å²) >= 11 is 5.80. The van der Waals surface area contributed by atoms with E-state index >= 15 is 0 Å². The second-order valence-corrected chi connectivity index (χ2v) is 2.96. The molecule has 13 heavy (non-hydrogen) atoms. The summed E-state index contributed by atoms with van der Waals surface area (Å²) in [6.07, 6.45) is 4.36. The molecule has 0 fully saturated rings. The number of rotatable bonds is 1. The number of aromatic amines is 1. The maximum Gasteiger partial charge on any atom is 0.338 e. The molecule has 2 rings (SSSR count). The molecule has 0 saturated carbocycles. The van der Waals surface area contributed by atoms with Gasteiger partial charge in [0.25, 0.3) is 0 Å². The molecule has 0 aliphatic carbocycles. The number of carbonyl (C=O) groups is 1. The van der Waals surface area contributed by atoms with E-state index in [1.54, 1.807) is 6.20 Å². The smallest absolute Gasteiger partial charge is 0.338 e. The van der Waals surface area contributed by atoms with Gasteiger partial charge in [-0.05, 0) is 0 Å². The van der Waals surface area contributed by atoms with Crippen molar-refractivity contribution < 1.29 is 9.90 Å². The Hall–Kier alpha value is -1.55. The summed E-state index contributed by atoms with van der Waals surface area (Å²) in [6, 6.07) is 0. The topological polar surface area (TPSA) is 66.0 Å². The lowest BCUT2D eigenvalue weighted by Crippen LogP contribution is -1.97. The normalized spacial score (nSPS) is 10.5. The number of pyridine rings is 1. The maximum atomic E-state index is 10.8. The van der Waals surface area contributed by atoms with E-state index in [2.05, 4.69) is 9.97 Å². The number of carboxylic acids is 1. The molecule has 2 heterocycles. The predicted molar refractivity (Wildman–Crippen MR) is 48.1 cm³/mol. The summed E-state index contributed by atoms with van der Waals surface area (Å²) in [7, 11) is 0. The monoisotopic (exact) mass is 196 g/mol. The largest absolute Gasteiger partial charge is 0.478 e. The Morgan fingerprint density at radius 3 is 3.00 bits per heavy atom. The number of aromatic nitrogens is 2. The Kier molecular flexibility index (Phi) is 1.70. The van der Waals surface area contributed by atoms with Crippen LogP contribution in [0, 0.1) is 0 Å². The van der Waals surface area contributed by atoms with Gasteiger partial charge in [-0.3, -0.25) is 4.98 Å². The fourth-order valence-electron chi connectivity index (χ4n) is 1.20. The number of hydrogen-bond acceptors (Lipinski definition) is 2. The van der Waals surface area contributed by atoms with Gasteiger partial charge >= 0.3 is 5.97 Å². The Bertz CT molecular complexity index is 478. The highest BCUT2D eigenvalue weighted by molar-refractivity contribution is 6.36. The number of aromatic carboxylic acids is 1. The summed E-state index contributed by atoms with van der Waals surface area (Å²) in [4.78, 5) is 17.4. The lowest BCUT2D eigenvalue weighted by molar-refractivity contribution is 0.0698. The maximum absolute atomic E-state index is 10.8. The van der Waals surface area contributed by atoms with Gasteiger partial charge in [0.2, 0.25) is 0 Å². The lowest BCUT2D eigenvalue weighted by atomic mass is 10.2. The molecule has 0 bridgehead atoms. The quantitative estimate of drug-likeness (QED) is 0.732. The fraction of sp³-hybridized carbons (Fsp3) is 0. The fourth-order valence-corrected chi connectivity index (χ4v) is 1.46. The highest BCUT2D eigenvalue weighted by Crippen LogP contribution is 2.25. The Morgan fingerprint density at radius 1 is 1.54 bits per heavy atom. The molecule has 2 aromatic heterocycles. The molecule has 0 aliphatic rings. The van der Waals surface area contributed by atoms with Gasteiger partial charge < -0.3 is 10.1 Å². The van der Waals surface area contributed by atoms with Crippen LogP contribution < -0.4 is 0 Å². The average Bonchev–Trinajstić information content (AvgIpc) is 2.48. The summed E-state index contributed by atoms with van der Waals surface area (Å²) in [5, 5.41) is 9.71. The Balaban J connectivity index is 2.88.